The smallest absolute Gasteiger partial charge is 0.318 e. The fourth-order valence-electron chi connectivity index (χ4n) is 1.51. The van der Waals surface area contributed by atoms with Crippen molar-refractivity contribution >= 4 is 12.0 Å². The van der Waals surface area contributed by atoms with Crippen LogP contribution in [0.3, 0.4) is 0 Å². The van der Waals surface area contributed by atoms with Crippen molar-refractivity contribution in [1.29, 1.82) is 0 Å². The van der Waals surface area contributed by atoms with Gasteiger partial charge in [0.05, 0.1) is 5.41 Å². The highest BCUT2D eigenvalue weighted by molar-refractivity contribution is 5.78. The van der Waals surface area contributed by atoms with Crippen LogP contribution in [0.2, 0.25) is 0 Å². The molecule has 0 aliphatic carbocycles. The standard InChI is InChI=1S/C14H26N2O3/c1-7-9-16(13(3,4)5)12(19)15-10-14(6,8-2)11(17)18/h7H,1,8-10H2,2-6H3,(H,15,19)(H,17,18). The van der Waals surface area contributed by atoms with Crippen LogP contribution < -0.4 is 5.32 Å². The minimum atomic E-state index is -0.937. The summed E-state index contributed by atoms with van der Waals surface area (Å²) in [6.07, 6.45) is 2.11. The summed E-state index contributed by atoms with van der Waals surface area (Å²) in [4.78, 5) is 24.9. The van der Waals surface area contributed by atoms with Crippen molar-refractivity contribution in [2.45, 2.75) is 46.6 Å². The highest BCUT2D eigenvalue weighted by Crippen LogP contribution is 2.20. The summed E-state index contributed by atoms with van der Waals surface area (Å²) in [6, 6.07) is -0.270. The molecular weight excluding hydrogens is 244 g/mol. The molecule has 2 amide bonds. The molecule has 1 atom stereocenters. The number of nitrogens with zero attached hydrogens (tertiary/aromatic N) is 1. The molecule has 1 unspecified atom stereocenters. The Morgan fingerprint density at radius 1 is 1.32 bits per heavy atom. The quantitative estimate of drug-likeness (QED) is 0.728. The second-order valence-electron chi connectivity index (χ2n) is 5.95. The van der Waals surface area contributed by atoms with Gasteiger partial charge in [0.25, 0.3) is 0 Å². The number of hydrogen-bond acceptors (Lipinski definition) is 2. The van der Waals surface area contributed by atoms with Gasteiger partial charge < -0.3 is 15.3 Å². The number of urea groups is 1. The van der Waals surface area contributed by atoms with Gasteiger partial charge in [0.1, 0.15) is 0 Å². The van der Waals surface area contributed by atoms with E-state index in [9.17, 15) is 9.59 Å². The summed E-state index contributed by atoms with van der Waals surface area (Å²) in [5.41, 5.74) is -1.28. The summed E-state index contributed by atoms with van der Waals surface area (Å²) in [6.45, 7) is 13.4. The van der Waals surface area contributed by atoms with Crippen LogP contribution in [0, 0.1) is 5.41 Å². The fraction of sp³-hybridized carbons (Fsp3) is 0.714. The molecule has 0 saturated heterocycles. The Kier molecular flexibility index (Phi) is 6.06. The lowest BCUT2D eigenvalue weighted by molar-refractivity contribution is -0.147. The largest absolute Gasteiger partial charge is 0.481 e. The minimum absolute atomic E-state index is 0.112. The van der Waals surface area contributed by atoms with E-state index in [4.69, 9.17) is 5.11 Å². The Bertz CT molecular complexity index is 347. The molecule has 5 heteroatoms. The second kappa shape index (κ2) is 6.59. The molecule has 0 saturated carbocycles. The Hall–Kier alpha value is -1.52. The van der Waals surface area contributed by atoms with Gasteiger partial charge in [-0.3, -0.25) is 4.79 Å². The molecule has 0 rings (SSSR count). The normalized spacial score (nSPS) is 14.4. The van der Waals surface area contributed by atoms with Crippen LogP contribution in [-0.4, -0.2) is 40.6 Å². The predicted octanol–water partition coefficient (Wildman–Crippen LogP) is 2.48. The number of carbonyl (C=O) groups is 2. The number of aliphatic carboxylic acids is 1. The van der Waals surface area contributed by atoms with Gasteiger partial charge in [0, 0.05) is 18.6 Å². The summed E-state index contributed by atoms with van der Waals surface area (Å²) >= 11 is 0. The van der Waals surface area contributed by atoms with Crippen molar-refractivity contribution in [2.75, 3.05) is 13.1 Å². The van der Waals surface area contributed by atoms with E-state index in [-0.39, 0.29) is 18.1 Å². The number of hydrogen-bond donors (Lipinski definition) is 2. The maximum absolute atomic E-state index is 12.1. The Balaban J connectivity index is 4.75. The molecular formula is C14H26N2O3. The van der Waals surface area contributed by atoms with Crippen molar-refractivity contribution in [3.05, 3.63) is 12.7 Å². The van der Waals surface area contributed by atoms with Gasteiger partial charge in [0.15, 0.2) is 0 Å². The maximum atomic E-state index is 12.1. The first-order valence-electron chi connectivity index (χ1n) is 6.48. The van der Waals surface area contributed by atoms with Gasteiger partial charge >= 0.3 is 12.0 Å². The van der Waals surface area contributed by atoms with E-state index in [1.165, 1.54) is 0 Å². The van der Waals surface area contributed by atoms with Gasteiger partial charge in [-0.15, -0.1) is 6.58 Å². The van der Waals surface area contributed by atoms with Crippen LogP contribution in [0.25, 0.3) is 0 Å². The first kappa shape index (κ1) is 17.5. The predicted molar refractivity (Wildman–Crippen MR) is 76.1 cm³/mol. The lowest BCUT2D eigenvalue weighted by Gasteiger charge is -2.36. The van der Waals surface area contributed by atoms with Crippen LogP contribution in [-0.2, 0) is 4.79 Å². The minimum Gasteiger partial charge on any atom is -0.481 e. The fourth-order valence-corrected chi connectivity index (χ4v) is 1.51. The molecule has 0 radical (unpaired) electrons. The number of amides is 2. The Morgan fingerprint density at radius 3 is 2.16 bits per heavy atom. The zero-order chi connectivity index (χ0) is 15.3. The molecule has 0 fully saturated rings. The van der Waals surface area contributed by atoms with Crippen LogP contribution in [0.5, 0.6) is 0 Å². The molecule has 0 aliphatic rings. The molecule has 0 aromatic rings. The zero-order valence-corrected chi connectivity index (χ0v) is 12.6. The highest BCUT2D eigenvalue weighted by Gasteiger charge is 2.33. The molecule has 0 aromatic heterocycles. The molecule has 0 heterocycles. The van der Waals surface area contributed by atoms with Crippen molar-refractivity contribution < 1.29 is 14.7 Å². The van der Waals surface area contributed by atoms with Crippen molar-refractivity contribution in [3.63, 3.8) is 0 Å². The first-order valence-corrected chi connectivity index (χ1v) is 6.48. The average Bonchev–Trinajstić information content (AvgIpc) is 2.30. The SMILES string of the molecule is C=CCN(C(=O)NCC(C)(CC)C(=O)O)C(C)(C)C. The van der Waals surface area contributed by atoms with Gasteiger partial charge in [0.2, 0.25) is 0 Å². The summed E-state index contributed by atoms with van der Waals surface area (Å²) in [5.74, 6) is -0.902. The number of carbonyl (C=O) groups excluding carboxylic acids is 1. The molecule has 19 heavy (non-hydrogen) atoms. The third-order valence-electron chi connectivity index (χ3n) is 3.29. The number of carboxylic acid groups (broad SMARTS) is 1. The van der Waals surface area contributed by atoms with E-state index in [0.29, 0.717) is 13.0 Å². The molecule has 0 bridgehead atoms. The van der Waals surface area contributed by atoms with Crippen LogP contribution in [0.15, 0.2) is 12.7 Å². The maximum Gasteiger partial charge on any atom is 0.318 e. The van der Waals surface area contributed by atoms with Gasteiger partial charge in [-0.1, -0.05) is 13.0 Å². The molecule has 110 valence electrons. The van der Waals surface area contributed by atoms with Gasteiger partial charge in [-0.25, -0.2) is 4.79 Å². The van der Waals surface area contributed by atoms with E-state index in [1.54, 1.807) is 24.8 Å². The Morgan fingerprint density at radius 2 is 1.84 bits per heavy atom. The zero-order valence-electron chi connectivity index (χ0n) is 12.6. The van der Waals surface area contributed by atoms with E-state index in [2.05, 4.69) is 11.9 Å². The van der Waals surface area contributed by atoms with E-state index < -0.39 is 11.4 Å². The summed E-state index contributed by atoms with van der Waals surface area (Å²) in [7, 11) is 0. The number of carboxylic acids is 1. The molecule has 0 aliphatic heterocycles. The van der Waals surface area contributed by atoms with E-state index in [0.717, 1.165) is 0 Å². The molecule has 0 aromatic carbocycles. The van der Waals surface area contributed by atoms with Crippen LogP contribution >= 0.6 is 0 Å². The van der Waals surface area contributed by atoms with Crippen LogP contribution in [0.4, 0.5) is 4.79 Å². The van der Waals surface area contributed by atoms with E-state index >= 15 is 0 Å². The van der Waals surface area contributed by atoms with Crippen LogP contribution in [0.1, 0.15) is 41.0 Å². The van der Waals surface area contributed by atoms with Crippen molar-refractivity contribution in [1.82, 2.24) is 10.2 Å². The van der Waals surface area contributed by atoms with Crippen molar-refractivity contribution in [3.8, 4) is 0 Å². The lowest BCUT2D eigenvalue weighted by Crippen LogP contribution is -2.52. The van der Waals surface area contributed by atoms with Crippen molar-refractivity contribution in [2.24, 2.45) is 5.41 Å². The third-order valence-corrected chi connectivity index (χ3v) is 3.29. The Labute approximate surface area is 115 Å². The molecule has 0 spiro atoms. The third kappa shape index (κ3) is 4.93. The van der Waals surface area contributed by atoms with Gasteiger partial charge in [-0.2, -0.15) is 0 Å². The second-order valence-corrected chi connectivity index (χ2v) is 5.95. The highest BCUT2D eigenvalue weighted by atomic mass is 16.4. The van der Waals surface area contributed by atoms with Gasteiger partial charge in [-0.05, 0) is 34.1 Å². The topological polar surface area (TPSA) is 69.6 Å². The lowest BCUT2D eigenvalue weighted by atomic mass is 9.88. The molecule has 2 N–H and O–H groups in total. The molecule has 5 nitrogen and oxygen atoms in total. The monoisotopic (exact) mass is 270 g/mol. The first-order chi connectivity index (χ1) is 8.58. The summed E-state index contributed by atoms with van der Waals surface area (Å²) in [5, 5.41) is 11.9. The number of rotatable bonds is 6. The number of nitrogens with one attached hydrogen (secondary N) is 1. The summed E-state index contributed by atoms with van der Waals surface area (Å²) < 4.78 is 0. The average molecular weight is 270 g/mol. The van der Waals surface area contributed by atoms with E-state index in [1.807, 2.05) is 20.8 Å².